The zero-order valence-electron chi connectivity index (χ0n) is 8.77. The zero-order chi connectivity index (χ0) is 11.6. The minimum atomic E-state index is -0.395. The number of hydrogen-bond donors (Lipinski definition) is 0. The number of allylic oxidation sites excluding steroid dienone is 1. The quantitative estimate of drug-likeness (QED) is 0.590. The molecule has 6 heteroatoms. The molecule has 0 bridgehead atoms. The van der Waals surface area contributed by atoms with E-state index in [-0.39, 0.29) is 11.6 Å². The van der Waals surface area contributed by atoms with Crippen LogP contribution in [0, 0.1) is 16.0 Å². The van der Waals surface area contributed by atoms with Gasteiger partial charge in [0.1, 0.15) is 0 Å². The second kappa shape index (κ2) is 4.44. The molecule has 0 fully saturated rings. The van der Waals surface area contributed by atoms with Crippen LogP contribution in [0.4, 0.5) is 0 Å². The third-order valence-electron chi connectivity index (χ3n) is 2.02. The highest BCUT2D eigenvalue weighted by Gasteiger charge is 2.17. The second-order valence-electron chi connectivity index (χ2n) is 3.48. The first kappa shape index (κ1) is 11.7. The summed E-state index contributed by atoms with van der Waals surface area (Å²) in [5, 5.41) is 15.1. The number of rotatable bonds is 3. The van der Waals surface area contributed by atoms with Crippen LogP contribution in [0.25, 0.3) is 6.08 Å². The smallest absolute Gasteiger partial charge is 0.250 e. The van der Waals surface area contributed by atoms with Crippen LogP contribution in [0.1, 0.15) is 19.5 Å². The second-order valence-corrected chi connectivity index (χ2v) is 3.89. The number of aromatic nitrogens is 2. The number of hydrogen-bond acceptors (Lipinski definition) is 3. The standard InChI is InChI=1S/C9H12ClN3O2/c1-6(2)8(13(14)15)4-9-7(10)5-11-12(9)3/h4-6H,1-3H3/b8-4-. The first-order valence-corrected chi connectivity index (χ1v) is 4.84. The molecule has 5 nitrogen and oxygen atoms in total. The van der Waals surface area contributed by atoms with Gasteiger partial charge in [-0.25, -0.2) is 0 Å². The molecule has 0 saturated carbocycles. The maximum Gasteiger partial charge on any atom is 0.250 e. The molecule has 0 amide bonds. The van der Waals surface area contributed by atoms with Gasteiger partial charge < -0.3 is 0 Å². The van der Waals surface area contributed by atoms with Crippen LogP contribution in [0.3, 0.4) is 0 Å². The van der Waals surface area contributed by atoms with E-state index in [0.717, 1.165) is 0 Å². The van der Waals surface area contributed by atoms with E-state index in [2.05, 4.69) is 5.10 Å². The summed E-state index contributed by atoms with van der Waals surface area (Å²) in [6.07, 6.45) is 2.92. The van der Waals surface area contributed by atoms with Crippen molar-refractivity contribution in [3.05, 3.63) is 32.7 Å². The van der Waals surface area contributed by atoms with Crippen LogP contribution in [0.2, 0.25) is 5.02 Å². The molecule has 1 heterocycles. The topological polar surface area (TPSA) is 61.0 Å². The van der Waals surface area contributed by atoms with Crippen molar-refractivity contribution in [3.8, 4) is 0 Å². The van der Waals surface area contributed by atoms with Gasteiger partial charge in [0, 0.05) is 19.0 Å². The van der Waals surface area contributed by atoms with Crippen molar-refractivity contribution in [1.29, 1.82) is 0 Å². The van der Waals surface area contributed by atoms with Crippen LogP contribution in [0.5, 0.6) is 0 Å². The molecule has 1 aromatic heterocycles. The van der Waals surface area contributed by atoms with E-state index < -0.39 is 4.92 Å². The summed E-state index contributed by atoms with van der Waals surface area (Å²) in [5.74, 6) is -0.161. The van der Waals surface area contributed by atoms with Gasteiger partial charge in [-0.2, -0.15) is 5.10 Å². The van der Waals surface area contributed by atoms with Gasteiger partial charge in [0.2, 0.25) is 0 Å². The highest BCUT2D eigenvalue weighted by atomic mass is 35.5. The van der Waals surface area contributed by atoms with Crippen molar-refractivity contribution in [2.24, 2.45) is 13.0 Å². The molecule has 0 aliphatic carbocycles. The van der Waals surface area contributed by atoms with E-state index in [1.807, 2.05) is 0 Å². The Morgan fingerprint density at radius 1 is 1.73 bits per heavy atom. The van der Waals surface area contributed by atoms with E-state index in [9.17, 15) is 10.1 Å². The van der Waals surface area contributed by atoms with Gasteiger partial charge in [-0.15, -0.1) is 0 Å². The van der Waals surface area contributed by atoms with Crippen molar-refractivity contribution in [3.63, 3.8) is 0 Å². The normalized spacial score (nSPS) is 12.2. The average Bonchev–Trinajstić information content (AvgIpc) is 2.42. The molecule has 0 unspecified atom stereocenters. The lowest BCUT2D eigenvalue weighted by molar-refractivity contribution is -0.431. The Kier molecular flexibility index (Phi) is 3.47. The van der Waals surface area contributed by atoms with Gasteiger partial charge in [0.25, 0.3) is 5.70 Å². The molecule has 0 spiro atoms. The SMILES string of the molecule is CC(C)/C(=C/c1c(Cl)cnn1C)[N+](=O)[O-]. The molecule has 0 saturated heterocycles. The van der Waals surface area contributed by atoms with Crippen molar-refractivity contribution in [2.75, 3.05) is 0 Å². The van der Waals surface area contributed by atoms with E-state index in [1.165, 1.54) is 17.0 Å². The maximum atomic E-state index is 10.8. The Morgan fingerprint density at radius 3 is 2.67 bits per heavy atom. The lowest BCUT2D eigenvalue weighted by Gasteiger charge is -2.02. The summed E-state index contributed by atoms with van der Waals surface area (Å²) >= 11 is 5.85. The van der Waals surface area contributed by atoms with Crippen molar-refractivity contribution in [2.45, 2.75) is 13.8 Å². The van der Waals surface area contributed by atoms with Crippen LogP contribution in [-0.2, 0) is 7.05 Å². The predicted molar refractivity (Wildman–Crippen MR) is 58.0 cm³/mol. The summed E-state index contributed by atoms with van der Waals surface area (Å²) in [6.45, 7) is 3.53. The molecule has 15 heavy (non-hydrogen) atoms. The van der Waals surface area contributed by atoms with E-state index in [1.54, 1.807) is 20.9 Å². The highest BCUT2D eigenvalue weighted by molar-refractivity contribution is 6.31. The summed E-state index contributed by atoms with van der Waals surface area (Å²) in [4.78, 5) is 10.4. The number of halogens is 1. The van der Waals surface area contributed by atoms with Gasteiger partial charge in [0.05, 0.1) is 21.8 Å². The number of nitrogens with zero attached hydrogens (tertiary/aromatic N) is 3. The number of aryl methyl sites for hydroxylation is 1. The molecule has 1 rings (SSSR count). The van der Waals surface area contributed by atoms with Crippen molar-refractivity contribution in [1.82, 2.24) is 9.78 Å². The Bertz CT molecular complexity index is 390. The minimum absolute atomic E-state index is 0.125. The molecule has 0 atom stereocenters. The lowest BCUT2D eigenvalue weighted by Crippen LogP contribution is -2.06. The van der Waals surface area contributed by atoms with Crippen LogP contribution < -0.4 is 0 Å². The summed E-state index contributed by atoms with van der Waals surface area (Å²) in [7, 11) is 1.69. The summed E-state index contributed by atoms with van der Waals surface area (Å²) in [6, 6.07) is 0. The fourth-order valence-corrected chi connectivity index (χ4v) is 1.37. The van der Waals surface area contributed by atoms with Gasteiger partial charge in [-0.1, -0.05) is 25.4 Å². The molecule has 0 aliphatic heterocycles. The first-order valence-electron chi connectivity index (χ1n) is 4.47. The fourth-order valence-electron chi connectivity index (χ4n) is 1.15. The third kappa shape index (κ3) is 2.56. The minimum Gasteiger partial charge on any atom is -0.267 e. The summed E-state index contributed by atoms with van der Waals surface area (Å²) < 4.78 is 1.51. The average molecular weight is 230 g/mol. The van der Waals surface area contributed by atoms with E-state index >= 15 is 0 Å². The van der Waals surface area contributed by atoms with E-state index in [4.69, 9.17) is 11.6 Å². The third-order valence-corrected chi connectivity index (χ3v) is 2.32. The molecule has 0 aromatic carbocycles. The molecule has 0 N–H and O–H groups in total. The van der Waals surface area contributed by atoms with Crippen LogP contribution in [-0.4, -0.2) is 14.7 Å². The Balaban J connectivity index is 3.19. The van der Waals surface area contributed by atoms with Gasteiger partial charge in [-0.3, -0.25) is 14.8 Å². The van der Waals surface area contributed by atoms with E-state index in [0.29, 0.717) is 10.7 Å². The van der Waals surface area contributed by atoms with Crippen molar-refractivity contribution < 1.29 is 4.92 Å². The Morgan fingerprint density at radius 2 is 2.33 bits per heavy atom. The van der Waals surface area contributed by atoms with Gasteiger partial charge in [0.15, 0.2) is 0 Å². The summed E-state index contributed by atoms with van der Waals surface area (Å²) in [5.41, 5.74) is 0.678. The first-order chi connectivity index (χ1) is 6.93. The molecular weight excluding hydrogens is 218 g/mol. The van der Waals surface area contributed by atoms with Crippen LogP contribution >= 0.6 is 11.6 Å². The maximum absolute atomic E-state index is 10.8. The Hall–Kier alpha value is -1.36. The van der Waals surface area contributed by atoms with Crippen molar-refractivity contribution >= 4 is 17.7 Å². The zero-order valence-corrected chi connectivity index (χ0v) is 9.52. The number of nitro groups is 1. The molecular formula is C9H12ClN3O2. The predicted octanol–water partition coefficient (Wildman–Crippen LogP) is 2.35. The highest BCUT2D eigenvalue weighted by Crippen LogP contribution is 2.20. The van der Waals surface area contributed by atoms with Gasteiger partial charge >= 0.3 is 0 Å². The molecule has 1 aromatic rings. The van der Waals surface area contributed by atoms with Gasteiger partial charge in [-0.05, 0) is 0 Å². The molecule has 0 aliphatic rings. The Labute approximate surface area is 92.5 Å². The molecule has 82 valence electrons. The molecule has 0 radical (unpaired) electrons. The lowest BCUT2D eigenvalue weighted by atomic mass is 10.1. The van der Waals surface area contributed by atoms with Crippen LogP contribution in [0.15, 0.2) is 11.9 Å². The fraction of sp³-hybridized carbons (Fsp3) is 0.444. The largest absolute Gasteiger partial charge is 0.267 e. The monoisotopic (exact) mass is 229 g/mol.